The second kappa shape index (κ2) is 7.76. The maximum atomic E-state index is 5.96. The zero-order chi connectivity index (χ0) is 12.1. The summed E-state index contributed by atoms with van der Waals surface area (Å²) in [7, 11) is 0. The van der Waals surface area contributed by atoms with E-state index in [4.69, 9.17) is 15.2 Å². The van der Waals surface area contributed by atoms with Crippen molar-refractivity contribution in [2.75, 3.05) is 44.4 Å². The second-order valence-corrected chi connectivity index (χ2v) is 5.64. The van der Waals surface area contributed by atoms with E-state index in [1.54, 1.807) is 0 Å². The average Bonchev–Trinajstić information content (AvgIpc) is 2.77. The number of aliphatic imine (C=N–C) groups is 1. The monoisotopic (exact) mass is 387 g/mol. The predicted molar refractivity (Wildman–Crippen MR) is 85.7 cm³/mol. The van der Waals surface area contributed by atoms with Gasteiger partial charge in [-0.2, -0.15) is 11.8 Å². The summed E-state index contributed by atoms with van der Waals surface area (Å²) in [6.07, 6.45) is 0.760. The Morgan fingerprint density at radius 2 is 1.94 bits per heavy atom. The number of guanidine groups is 1. The highest BCUT2D eigenvalue weighted by molar-refractivity contribution is 14.0. The van der Waals surface area contributed by atoms with E-state index in [9.17, 15) is 0 Å². The number of nitrogens with two attached hydrogens (primary N) is 1. The summed E-state index contributed by atoms with van der Waals surface area (Å²) in [5.41, 5.74) is 5.96. The smallest absolute Gasteiger partial charge is 0.191 e. The van der Waals surface area contributed by atoms with Crippen molar-refractivity contribution in [2.45, 2.75) is 19.1 Å². The first-order valence-corrected chi connectivity index (χ1v) is 7.26. The fourth-order valence-electron chi connectivity index (χ4n) is 1.97. The van der Waals surface area contributed by atoms with Gasteiger partial charge in [-0.1, -0.05) is 0 Å². The highest BCUT2D eigenvalue weighted by Gasteiger charge is 2.30. The number of hydrogen-bond donors (Lipinski definition) is 1. The Balaban J connectivity index is 0.00000162. The van der Waals surface area contributed by atoms with E-state index >= 15 is 0 Å². The Morgan fingerprint density at radius 3 is 2.56 bits per heavy atom. The largest absolute Gasteiger partial charge is 0.370 e. The Morgan fingerprint density at radius 1 is 1.33 bits per heavy atom. The molecule has 2 fully saturated rings. The van der Waals surface area contributed by atoms with Crippen molar-refractivity contribution in [3.8, 4) is 0 Å². The lowest BCUT2D eigenvalue weighted by atomic mass is 10.2. The molecule has 0 amide bonds. The molecule has 0 spiro atoms. The van der Waals surface area contributed by atoms with Gasteiger partial charge in [-0.05, 0) is 6.92 Å². The van der Waals surface area contributed by atoms with Gasteiger partial charge in [0.15, 0.2) is 11.7 Å². The molecule has 2 aliphatic rings. The van der Waals surface area contributed by atoms with Crippen molar-refractivity contribution in [1.29, 1.82) is 0 Å². The molecule has 5 nitrogen and oxygen atoms in total. The molecule has 0 radical (unpaired) electrons. The summed E-state index contributed by atoms with van der Waals surface area (Å²) < 4.78 is 11.0. The van der Waals surface area contributed by atoms with Crippen molar-refractivity contribution >= 4 is 41.7 Å². The molecule has 0 unspecified atom stereocenters. The Bertz CT molecular complexity index is 279. The standard InChI is InChI=1S/C11H21N3O2S.HI/c1-11(15-6-7-16-11)2-3-13-10(12)14-4-8-17-9-5-14;/h2-9H2,1H3,(H2,12,13);1H. The minimum Gasteiger partial charge on any atom is -0.370 e. The molecular weight excluding hydrogens is 365 g/mol. The molecule has 0 bridgehead atoms. The molecule has 0 aliphatic carbocycles. The Kier molecular flexibility index (Phi) is 7.04. The predicted octanol–water partition coefficient (Wildman–Crippen LogP) is 1.12. The van der Waals surface area contributed by atoms with Crippen LogP contribution in [0.2, 0.25) is 0 Å². The van der Waals surface area contributed by atoms with Gasteiger partial charge in [0, 0.05) is 37.6 Å². The van der Waals surface area contributed by atoms with Crippen molar-refractivity contribution in [2.24, 2.45) is 10.7 Å². The van der Waals surface area contributed by atoms with Crippen LogP contribution in [0.25, 0.3) is 0 Å². The fraction of sp³-hybridized carbons (Fsp3) is 0.909. The van der Waals surface area contributed by atoms with Gasteiger partial charge in [-0.25, -0.2) is 0 Å². The van der Waals surface area contributed by atoms with Crippen molar-refractivity contribution in [1.82, 2.24) is 4.90 Å². The molecule has 2 saturated heterocycles. The lowest BCUT2D eigenvalue weighted by molar-refractivity contribution is -0.144. The number of ether oxygens (including phenoxy) is 2. The summed E-state index contributed by atoms with van der Waals surface area (Å²) in [6.45, 7) is 5.99. The van der Waals surface area contributed by atoms with Gasteiger partial charge in [0.2, 0.25) is 0 Å². The van der Waals surface area contributed by atoms with Crippen LogP contribution in [0.4, 0.5) is 0 Å². The molecule has 7 heteroatoms. The molecule has 18 heavy (non-hydrogen) atoms. The summed E-state index contributed by atoms with van der Waals surface area (Å²) in [5, 5.41) is 0. The van der Waals surface area contributed by atoms with E-state index in [1.807, 2.05) is 18.7 Å². The Labute approximate surface area is 130 Å². The third-order valence-corrected chi connectivity index (χ3v) is 4.02. The lowest BCUT2D eigenvalue weighted by Crippen LogP contribution is -2.43. The molecule has 106 valence electrons. The number of nitrogens with zero attached hydrogens (tertiary/aromatic N) is 2. The zero-order valence-corrected chi connectivity index (χ0v) is 13.9. The van der Waals surface area contributed by atoms with Gasteiger partial charge in [-0.3, -0.25) is 4.99 Å². The van der Waals surface area contributed by atoms with Crippen LogP contribution in [0.3, 0.4) is 0 Å². The van der Waals surface area contributed by atoms with E-state index in [1.165, 1.54) is 0 Å². The van der Waals surface area contributed by atoms with Gasteiger partial charge < -0.3 is 20.1 Å². The zero-order valence-electron chi connectivity index (χ0n) is 10.8. The van der Waals surface area contributed by atoms with E-state index in [0.717, 1.165) is 31.0 Å². The van der Waals surface area contributed by atoms with Gasteiger partial charge in [0.25, 0.3) is 0 Å². The van der Waals surface area contributed by atoms with Crippen LogP contribution in [0.5, 0.6) is 0 Å². The van der Waals surface area contributed by atoms with Crippen LogP contribution in [-0.4, -0.2) is 61.0 Å². The Hall–Kier alpha value is 0.270. The van der Waals surface area contributed by atoms with Crippen LogP contribution in [0, 0.1) is 0 Å². The number of thioether (sulfide) groups is 1. The van der Waals surface area contributed by atoms with E-state index in [2.05, 4.69) is 9.89 Å². The van der Waals surface area contributed by atoms with Crippen LogP contribution in [0.1, 0.15) is 13.3 Å². The van der Waals surface area contributed by atoms with Gasteiger partial charge >= 0.3 is 0 Å². The normalized spacial score (nSPS) is 23.8. The van der Waals surface area contributed by atoms with Crippen LogP contribution < -0.4 is 5.73 Å². The topological polar surface area (TPSA) is 60.1 Å². The summed E-state index contributed by atoms with van der Waals surface area (Å²) in [4.78, 5) is 6.56. The van der Waals surface area contributed by atoms with Gasteiger partial charge in [-0.15, -0.1) is 24.0 Å². The van der Waals surface area contributed by atoms with Crippen molar-refractivity contribution in [3.05, 3.63) is 0 Å². The molecule has 0 aromatic heterocycles. The molecule has 0 saturated carbocycles. The van der Waals surface area contributed by atoms with Crippen LogP contribution >= 0.6 is 35.7 Å². The number of rotatable bonds is 3. The highest BCUT2D eigenvalue weighted by atomic mass is 127. The quantitative estimate of drug-likeness (QED) is 0.447. The van der Waals surface area contributed by atoms with E-state index in [0.29, 0.717) is 25.7 Å². The number of hydrogen-bond acceptors (Lipinski definition) is 4. The molecule has 0 aromatic rings. The van der Waals surface area contributed by atoms with E-state index < -0.39 is 5.79 Å². The number of halogens is 1. The molecule has 0 aromatic carbocycles. The van der Waals surface area contributed by atoms with Crippen LogP contribution in [0.15, 0.2) is 4.99 Å². The van der Waals surface area contributed by atoms with Crippen molar-refractivity contribution in [3.63, 3.8) is 0 Å². The molecule has 2 heterocycles. The second-order valence-electron chi connectivity index (χ2n) is 4.42. The molecular formula is C11H22IN3O2S. The lowest BCUT2D eigenvalue weighted by Gasteiger charge is -2.27. The van der Waals surface area contributed by atoms with Gasteiger partial charge in [0.1, 0.15) is 0 Å². The highest BCUT2D eigenvalue weighted by Crippen LogP contribution is 2.22. The average molecular weight is 387 g/mol. The maximum absolute atomic E-state index is 5.96. The molecule has 2 rings (SSSR count). The van der Waals surface area contributed by atoms with Crippen LogP contribution in [-0.2, 0) is 9.47 Å². The molecule has 0 atom stereocenters. The third-order valence-electron chi connectivity index (χ3n) is 3.07. The van der Waals surface area contributed by atoms with Crippen molar-refractivity contribution < 1.29 is 9.47 Å². The van der Waals surface area contributed by atoms with Gasteiger partial charge in [0.05, 0.1) is 13.2 Å². The molecule has 2 N–H and O–H groups in total. The summed E-state index contributed by atoms with van der Waals surface area (Å²) in [5.74, 6) is 2.48. The maximum Gasteiger partial charge on any atom is 0.191 e. The van der Waals surface area contributed by atoms with E-state index in [-0.39, 0.29) is 24.0 Å². The summed E-state index contributed by atoms with van der Waals surface area (Å²) >= 11 is 1.97. The first-order chi connectivity index (χ1) is 8.20. The minimum absolute atomic E-state index is 0. The summed E-state index contributed by atoms with van der Waals surface area (Å²) in [6, 6.07) is 0. The first kappa shape index (κ1) is 16.3. The SMILES string of the molecule is CC1(CCN=C(N)N2CCSCC2)OCCO1.I. The fourth-order valence-corrected chi connectivity index (χ4v) is 2.87. The molecule has 2 aliphatic heterocycles. The first-order valence-electron chi connectivity index (χ1n) is 6.10. The minimum atomic E-state index is -0.457. The third kappa shape index (κ3) is 4.75.